The summed E-state index contributed by atoms with van der Waals surface area (Å²) in [6, 6.07) is 1.07. The third-order valence-electron chi connectivity index (χ3n) is 6.43. The molecule has 2 atom stereocenters. The molecule has 2 aliphatic carbocycles. The Labute approximate surface area is 204 Å². The largest absolute Gasteiger partial charge is 0.416 e. The maximum absolute atomic E-state index is 13.2. The highest BCUT2D eigenvalue weighted by Crippen LogP contribution is 2.49. The van der Waals surface area contributed by atoms with Gasteiger partial charge < -0.3 is 0 Å². The van der Waals surface area contributed by atoms with Gasteiger partial charge in [-0.1, -0.05) is 0 Å². The first-order valence-electron chi connectivity index (χ1n) is 10.6. The van der Waals surface area contributed by atoms with Crippen molar-refractivity contribution >= 4 is 11.6 Å². The number of benzene rings is 2. The van der Waals surface area contributed by atoms with Gasteiger partial charge in [0, 0.05) is 11.1 Å². The maximum Gasteiger partial charge on any atom is 0.416 e. The molecule has 0 aliphatic heterocycles. The predicted octanol–water partition coefficient (Wildman–Crippen LogP) is 7.87. The highest BCUT2D eigenvalue weighted by molar-refractivity contribution is 6.18. The van der Waals surface area contributed by atoms with E-state index in [0.717, 1.165) is 0 Å². The van der Waals surface area contributed by atoms with E-state index >= 15 is 0 Å². The fourth-order valence-electron chi connectivity index (χ4n) is 4.66. The monoisotopic (exact) mass is 560 g/mol. The first kappa shape index (κ1) is 27.7. The van der Waals surface area contributed by atoms with E-state index < -0.39 is 94.3 Å². The molecule has 38 heavy (non-hydrogen) atoms. The van der Waals surface area contributed by atoms with E-state index in [9.17, 15) is 62.3 Å². The third kappa shape index (κ3) is 5.04. The molecule has 0 bridgehead atoms. The highest BCUT2D eigenvalue weighted by Gasteiger charge is 2.47. The minimum atomic E-state index is -5.20. The summed E-state index contributed by atoms with van der Waals surface area (Å²) in [4.78, 5) is 25.9. The van der Waals surface area contributed by atoms with Gasteiger partial charge >= 0.3 is 24.7 Å². The lowest BCUT2D eigenvalue weighted by molar-refractivity contribution is -0.144. The van der Waals surface area contributed by atoms with Crippen LogP contribution in [0, 0.1) is 0 Å². The third-order valence-corrected chi connectivity index (χ3v) is 6.43. The number of carbonyl (C=O) groups is 2. The van der Waals surface area contributed by atoms with Crippen LogP contribution in [-0.2, 0) is 34.3 Å². The van der Waals surface area contributed by atoms with Crippen molar-refractivity contribution in [2.75, 3.05) is 0 Å². The molecule has 0 fully saturated rings. The van der Waals surface area contributed by atoms with Crippen LogP contribution in [-0.4, -0.2) is 11.6 Å². The molecule has 0 spiro atoms. The molecule has 2 aromatic carbocycles. The topological polar surface area (TPSA) is 34.1 Å². The first-order chi connectivity index (χ1) is 17.2. The van der Waals surface area contributed by atoms with E-state index in [4.69, 9.17) is 0 Å². The van der Waals surface area contributed by atoms with Crippen LogP contribution in [0.4, 0.5) is 52.7 Å². The normalized spacial score (nSPS) is 20.9. The fraction of sp³-hybridized carbons (Fsp3) is 0.333. The Kier molecular flexibility index (Phi) is 6.27. The van der Waals surface area contributed by atoms with Crippen molar-refractivity contribution in [3.8, 4) is 0 Å². The van der Waals surface area contributed by atoms with Crippen LogP contribution in [0.5, 0.6) is 0 Å². The second-order valence-electron chi connectivity index (χ2n) is 8.88. The number of alkyl halides is 12. The molecule has 0 heterocycles. The van der Waals surface area contributed by atoms with E-state index in [1.807, 2.05) is 0 Å². The summed E-state index contributed by atoms with van der Waals surface area (Å²) in [5, 5.41) is 0. The van der Waals surface area contributed by atoms with Gasteiger partial charge in [-0.25, -0.2) is 0 Å². The Morgan fingerprint density at radius 1 is 0.447 bits per heavy atom. The van der Waals surface area contributed by atoms with Gasteiger partial charge in [-0.3, -0.25) is 9.59 Å². The zero-order valence-electron chi connectivity index (χ0n) is 18.4. The Hall–Kier alpha value is -3.32. The van der Waals surface area contributed by atoms with Crippen LogP contribution < -0.4 is 0 Å². The highest BCUT2D eigenvalue weighted by atomic mass is 19.4. The molecule has 0 amide bonds. The molecule has 4 rings (SSSR count). The lowest BCUT2D eigenvalue weighted by Gasteiger charge is -2.20. The second-order valence-corrected chi connectivity index (χ2v) is 8.88. The zero-order valence-corrected chi connectivity index (χ0v) is 18.4. The summed E-state index contributed by atoms with van der Waals surface area (Å²) in [5.41, 5.74) is -8.78. The average Bonchev–Trinajstić information content (AvgIpc) is 3.27. The average molecular weight is 560 g/mol. The zero-order chi connectivity index (χ0) is 28.6. The number of hydrogen-bond acceptors (Lipinski definition) is 2. The molecule has 204 valence electrons. The quantitative estimate of drug-likeness (QED) is 0.351. The van der Waals surface area contributed by atoms with Gasteiger partial charge in [-0.2, -0.15) is 52.7 Å². The second kappa shape index (κ2) is 8.60. The van der Waals surface area contributed by atoms with Crippen LogP contribution in [0.25, 0.3) is 0 Å². The molecule has 2 aliphatic rings. The van der Waals surface area contributed by atoms with Crippen molar-refractivity contribution in [3.05, 3.63) is 80.9 Å². The fourth-order valence-corrected chi connectivity index (χ4v) is 4.66. The van der Waals surface area contributed by atoms with E-state index in [1.165, 1.54) is 0 Å². The number of allylic oxidation sites excluding steroid dienone is 2. The standard InChI is InChI=1S/C24H12F12O2/c25-21(26,27)11-1-9(2-12(5-11)22(28,29)30)15-7-17-18(19(15)37)8-16(20(17)38)10-3-13(23(31,32)33)6-14(4-10)24(34,35)36/h1-6,15-16H,7-8H2. The minimum absolute atomic E-state index is 0.142. The number of halogens is 12. The smallest absolute Gasteiger partial charge is 0.294 e. The van der Waals surface area contributed by atoms with Crippen molar-refractivity contribution in [2.24, 2.45) is 0 Å². The SMILES string of the molecule is O=C1C2=C(CC1c1cc(C(F)(F)F)cc(C(F)(F)F)c1)C(=O)C(c1cc(C(F)(F)F)cc(C(F)(F)F)c1)C2. The summed E-state index contributed by atoms with van der Waals surface area (Å²) >= 11 is 0. The van der Waals surface area contributed by atoms with Crippen molar-refractivity contribution in [2.45, 2.75) is 49.4 Å². The van der Waals surface area contributed by atoms with Crippen LogP contribution >= 0.6 is 0 Å². The van der Waals surface area contributed by atoms with Gasteiger partial charge in [-0.15, -0.1) is 0 Å². The van der Waals surface area contributed by atoms with E-state index in [0.29, 0.717) is 24.3 Å². The summed E-state index contributed by atoms with van der Waals surface area (Å²) in [6.07, 6.45) is -22.1. The molecule has 14 heteroatoms. The van der Waals surface area contributed by atoms with Gasteiger partial charge in [0.1, 0.15) is 0 Å². The van der Waals surface area contributed by atoms with Crippen molar-refractivity contribution in [1.29, 1.82) is 0 Å². The van der Waals surface area contributed by atoms with Crippen molar-refractivity contribution < 1.29 is 62.3 Å². The van der Waals surface area contributed by atoms with E-state index in [1.54, 1.807) is 0 Å². The summed E-state index contributed by atoms with van der Waals surface area (Å²) in [5.74, 6) is -5.27. The molecule has 2 unspecified atom stereocenters. The number of hydrogen-bond donors (Lipinski definition) is 0. The van der Waals surface area contributed by atoms with Crippen LogP contribution in [0.15, 0.2) is 47.5 Å². The number of carbonyl (C=O) groups excluding carboxylic acids is 2. The summed E-state index contributed by atoms with van der Waals surface area (Å²) in [7, 11) is 0. The van der Waals surface area contributed by atoms with Gasteiger partial charge in [-0.05, 0) is 60.4 Å². The van der Waals surface area contributed by atoms with Crippen molar-refractivity contribution in [3.63, 3.8) is 0 Å². The molecule has 0 N–H and O–H groups in total. The van der Waals surface area contributed by atoms with E-state index in [2.05, 4.69) is 0 Å². The molecule has 0 saturated heterocycles. The Bertz CT molecular complexity index is 1190. The number of Topliss-reactive ketones (excluding diaryl/α,β-unsaturated/α-hetero) is 2. The molecule has 0 radical (unpaired) electrons. The maximum atomic E-state index is 13.2. The Morgan fingerprint density at radius 3 is 0.895 bits per heavy atom. The van der Waals surface area contributed by atoms with Gasteiger partial charge in [0.25, 0.3) is 0 Å². The van der Waals surface area contributed by atoms with Crippen LogP contribution in [0.3, 0.4) is 0 Å². The molecule has 0 aromatic heterocycles. The lowest BCUT2D eigenvalue weighted by Crippen LogP contribution is -2.18. The first-order valence-corrected chi connectivity index (χ1v) is 10.6. The minimum Gasteiger partial charge on any atom is -0.294 e. The molecular formula is C24H12F12O2. The summed E-state index contributed by atoms with van der Waals surface area (Å²) in [6.45, 7) is 0. The van der Waals surface area contributed by atoms with Crippen LogP contribution in [0.2, 0.25) is 0 Å². The molecule has 2 aromatic rings. The molecular weight excluding hydrogens is 548 g/mol. The van der Waals surface area contributed by atoms with Gasteiger partial charge in [0.2, 0.25) is 0 Å². The molecule has 0 saturated carbocycles. The predicted molar refractivity (Wildman–Crippen MR) is 105 cm³/mol. The number of ketones is 2. The molecule has 2 nitrogen and oxygen atoms in total. The van der Waals surface area contributed by atoms with Gasteiger partial charge in [0.05, 0.1) is 34.1 Å². The van der Waals surface area contributed by atoms with Crippen molar-refractivity contribution in [1.82, 2.24) is 0 Å². The summed E-state index contributed by atoms with van der Waals surface area (Å²) < 4.78 is 158. The van der Waals surface area contributed by atoms with Gasteiger partial charge in [0.15, 0.2) is 11.6 Å². The van der Waals surface area contributed by atoms with E-state index in [-0.39, 0.29) is 23.3 Å². The number of rotatable bonds is 2. The van der Waals surface area contributed by atoms with Crippen LogP contribution in [0.1, 0.15) is 58.1 Å². The lowest BCUT2D eigenvalue weighted by atomic mass is 9.84. The Morgan fingerprint density at radius 2 is 0.684 bits per heavy atom. The Balaban J connectivity index is 1.69.